The molecule has 0 bridgehead atoms. The van der Waals surface area contributed by atoms with Crippen molar-refractivity contribution >= 4 is 5.97 Å². The zero-order valence-electron chi connectivity index (χ0n) is 8.00. The highest BCUT2D eigenvalue weighted by Crippen LogP contribution is 2.18. The molecule has 0 spiro atoms. The fourth-order valence-corrected chi connectivity index (χ4v) is 1.72. The Morgan fingerprint density at radius 1 is 1.08 bits per heavy atom. The minimum absolute atomic E-state index is 0.255. The van der Waals surface area contributed by atoms with Crippen LogP contribution in [0, 0.1) is 5.92 Å². The third-order valence-corrected chi connectivity index (χ3v) is 2.59. The Morgan fingerprint density at radius 2 is 1.85 bits per heavy atom. The maximum Gasteiger partial charge on any atom is 0.358 e. The van der Waals surface area contributed by atoms with Crippen LogP contribution in [0.2, 0.25) is 0 Å². The molecular weight excluding hydrogens is 164 g/mol. The molecule has 0 N–H and O–H groups in total. The monoisotopic (exact) mass is 181 g/mol. The molecular formula is C11H17O2. The Hall–Kier alpha value is -0.790. The van der Waals surface area contributed by atoms with Crippen molar-refractivity contribution in [2.45, 2.75) is 44.9 Å². The van der Waals surface area contributed by atoms with Gasteiger partial charge in [0.15, 0.2) is 0 Å². The highest BCUT2D eigenvalue weighted by Gasteiger charge is 2.17. The Bertz CT molecular complexity index is 185. The minimum Gasteiger partial charge on any atom is -0.247 e. The van der Waals surface area contributed by atoms with Crippen molar-refractivity contribution < 1.29 is 9.90 Å². The third-order valence-electron chi connectivity index (χ3n) is 2.59. The predicted octanol–water partition coefficient (Wildman–Crippen LogP) is 2.86. The van der Waals surface area contributed by atoms with Crippen LogP contribution in [-0.4, -0.2) is 5.97 Å². The first-order valence-electron chi connectivity index (χ1n) is 5.16. The number of carbonyl (C=O) groups is 1. The maximum absolute atomic E-state index is 10.7. The smallest absolute Gasteiger partial charge is 0.247 e. The lowest BCUT2D eigenvalue weighted by Crippen LogP contribution is -2.11. The van der Waals surface area contributed by atoms with Gasteiger partial charge in [0.2, 0.25) is 0 Å². The summed E-state index contributed by atoms with van der Waals surface area (Å²) in [7, 11) is 0. The van der Waals surface area contributed by atoms with Gasteiger partial charge in [-0.3, -0.25) is 0 Å². The van der Waals surface area contributed by atoms with E-state index in [0.29, 0.717) is 6.42 Å². The summed E-state index contributed by atoms with van der Waals surface area (Å²) in [5.41, 5.74) is 0. The molecule has 0 amide bonds. The molecule has 0 saturated carbocycles. The van der Waals surface area contributed by atoms with Crippen molar-refractivity contribution in [3.63, 3.8) is 0 Å². The maximum atomic E-state index is 10.7. The first kappa shape index (κ1) is 10.3. The van der Waals surface area contributed by atoms with Gasteiger partial charge >= 0.3 is 5.97 Å². The topological polar surface area (TPSA) is 37.0 Å². The summed E-state index contributed by atoms with van der Waals surface area (Å²) in [5.74, 6) is -1.14. The number of hydrogen-bond acceptors (Lipinski definition) is 1. The van der Waals surface area contributed by atoms with Gasteiger partial charge in [0.25, 0.3) is 0 Å². The van der Waals surface area contributed by atoms with Crippen LogP contribution in [0.15, 0.2) is 12.2 Å². The molecule has 1 radical (unpaired) electrons. The van der Waals surface area contributed by atoms with Gasteiger partial charge in [-0.05, 0) is 25.7 Å². The summed E-state index contributed by atoms with van der Waals surface area (Å²) in [5, 5.41) is 10.7. The summed E-state index contributed by atoms with van der Waals surface area (Å²) >= 11 is 0. The van der Waals surface area contributed by atoms with E-state index >= 15 is 0 Å². The van der Waals surface area contributed by atoms with E-state index in [2.05, 4.69) is 6.08 Å². The summed E-state index contributed by atoms with van der Waals surface area (Å²) in [6, 6.07) is 0. The van der Waals surface area contributed by atoms with E-state index < -0.39 is 5.97 Å². The lowest BCUT2D eigenvalue weighted by molar-refractivity contribution is -0.148. The molecule has 0 aromatic heterocycles. The quantitative estimate of drug-likeness (QED) is 0.573. The van der Waals surface area contributed by atoms with Gasteiger partial charge in [-0.15, -0.1) is 0 Å². The fraction of sp³-hybridized carbons (Fsp3) is 0.727. The standard InChI is InChI=1S/C11H17O2/c12-11(13)10-8-6-4-2-1-3-5-7-9-10/h4,6,10H,1-3,5,7-9H2/b6-4-. The van der Waals surface area contributed by atoms with Gasteiger partial charge in [-0.25, -0.2) is 9.90 Å². The highest BCUT2D eigenvalue weighted by molar-refractivity contribution is 5.69. The van der Waals surface area contributed by atoms with E-state index in [-0.39, 0.29) is 5.92 Å². The van der Waals surface area contributed by atoms with Crippen molar-refractivity contribution in [1.82, 2.24) is 0 Å². The molecule has 0 aliphatic heterocycles. The van der Waals surface area contributed by atoms with E-state index in [1.165, 1.54) is 12.8 Å². The molecule has 0 aromatic carbocycles. The molecule has 2 nitrogen and oxygen atoms in total. The van der Waals surface area contributed by atoms with Gasteiger partial charge in [0.05, 0.1) is 5.92 Å². The van der Waals surface area contributed by atoms with Crippen molar-refractivity contribution in [1.29, 1.82) is 0 Å². The second-order valence-corrected chi connectivity index (χ2v) is 3.71. The minimum atomic E-state index is -0.884. The third kappa shape index (κ3) is 4.11. The van der Waals surface area contributed by atoms with E-state index in [1.807, 2.05) is 6.08 Å². The molecule has 1 aliphatic carbocycles. The van der Waals surface area contributed by atoms with Crippen molar-refractivity contribution in [3.8, 4) is 0 Å². The molecule has 1 unspecified atom stereocenters. The van der Waals surface area contributed by atoms with Crippen LogP contribution in [0.1, 0.15) is 44.9 Å². The molecule has 0 fully saturated rings. The van der Waals surface area contributed by atoms with Crippen LogP contribution in [-0.2, 0) is 9.90 Å². The molecule has 1 aliphatic rings. The molecule has 0 aromatic rings. The Labute approximate surface area is 79.6 Å². The van der Waals surface area contributed by atoms with Crippen LogP contribution in [0.4, 0.5) is 0 Å². The van der Waals surface area contributed by atoms with Gasteiger partial charge in [0.1, 0.15) is 0 Å². The van der Waals surface area contributed by atoms with Crippen LogP contribution in [0.3, 0.4) is 0 Å². The second-order valence-electron chi connectivity index (χ2n) is 3.71. The van der Waals surface area contributed by atoms with Crippen LogP contribution < -0.4 is 0 Å². The molecule has 1 rings (SSSR count). The molecule has 2 heteroatoms. The highest BCUT2D eigenvalue weighted by atomic mass is 16.4. The van der Waals surface area contributed by atoms with E-state index in [4.69, 9.17) is 0 Å². The average molecular weight is 181 g/mol. The summed E-state index contributed by atoms with van der Waals surface area (Å²) in [6.07, 6.45) is 11.3. The van der Waals surface area contributed by atoms with E-state index in [1.54, 1.807) is 0 Å². The Balaban J connectivity index is 2.42. The van der Waals surface area contributed by atoms with Gasteiger partial charge in [-0.2, -0.15) is 0 Å². The Morgan fingerprint density at radius 3 is 2.62 bits per heavy atom. The SMILES string of the molecule is [O]C(=O)C1C/C=C\CCCCCC1. The number of carbonyl (C=O) groups excluding carboxylic acids is 1. The number of rotatable bonds is 1. The van der Waals surface area contributed by atoms with Crippen LogP contribution >= 0.6 is 0 Å². The zero-order chi connectivity index (χ0) is 9.52. The normalized spacial score (nSPS) is 27.8. The zero-order valence-corrected chi connectivity index (χ0v) is 8.00. The summed E-state index contributed by atoms with van der Waals surface area (Å²) < 4.78 is 0. The number of hydrogen-bond donors (Lipinski definition) is 0. The molecule has 0 saturated heterocycles. The largest absolute Gasteiger partial charge is 0.358 e. The van der Waals surface area contributed by atoms with Crippen LogP contribution in [0.25, 0.3) is 0 Å². The van der Waals surface area contributed by atoms with Gasteiger partial charge in [0, 0.05) is 0 Å². The average Bonchev–Trinajstić information content (AvgIpc) is 2.14. The number of allylic oxidation sites excluding steroid dienone is 2. The summed E-state index contributed by atoms with van der Waals surface area (Å²) in [4.78, 5) is 10.7. The van der Waals surface area contributed by atoms with Crippen molar-refractivity contribution in [3.05, 3.63) is 12.2 Å². The van der Waals surface area contributed by atoms with Gasteiger partial charge < -0.3 is 0 Å². The molecule has 13 heavy (non-hydrogen) atoms. The van der Waals surface area contributed by atoms with E-state index in [0.717, 1.165) is 25.7 Å². The van der Waals surface area contributed by atoms with E-state index in [9.17, 15) is 9.90 Å². The first-order valence-corrected chi connectivity index (χ1v) is 5.16. The van der Waals surface area contributed by atoms with Crippen molar-refractivity contribution in [2.75, 3.05) is 0 Å². The molecule has 73 valence electrons. The van der Waals surface area contributed by atoms with Crippen molar-refractivity contribution in [2.24, 2.45) is 5.92 Å². The Kier molecular flexibility index (Phi) is 4.58. The fourth-order valence-electron chi connectivity index (χ4n) is 1.72. The predicted molar refractivity (Wildman–Crippen MR) is 50.6 cm³/mol. The van der Waals surface area contributed by atoms with Crippen LogP contribution in [0.5, 0.6) is 0 Å². The molecule has 0 heterocycles. The lowest BCUT2D eigenvalue weighted by Gasteiger charge is -2.09. The van der Waals surface area contributed by atoms with Gasteiger partial charge in [-0.1, -0.05) is 31.4 Å². The second kappa shape index (κ2) is 5.79. The first-order chi connectivity index (χ1) is 6.30. The molecule has 1 atom stereocenters. The lowest BCUT2D eigenvalue weighted by atomic mass is 9.95. The summed E-state index contributed by atoms with van der Waals surface area (Å²) in [6.45, 7) is 0.